The first-order valence-electron chi connectivity index (χ1n) is 6.18. The Morgan fingerprint density at radius 3 is 2.63 bits per heavy atom. The molecule has 108 valence electrons. The van der Waals surface area contributed by atoms with Crippen LogP contribution in [0.5, 0.6) is 0 Å². The lowest BCUT2D eigenvalue weighted by atomic mass is 9.91. The van der Waals surface area contributed by atoms with Crippen LogP contribution in [0.3, 0.4) is 0 Å². The average Bonchev–Trinajstić information content (AvgIpc) is 2.60. The van der Waals surface area contributed by atoms with Crippen molar-refractivity contribution in [2.75, 3.05) is 13.7 Å². The number of amides is 2. The number of hydrogen-bond donors (Lipinski definition) is 3. The van der Waals surface area contributed by atoms with Crippen molar-refractivity contribution in [2.24, 2.45) is 11.7 Å². The molecule has 0 bridgehead atoms. The summed E-state index contributed by atoms with van der Waals surface area (Å²) in [5.74, 6) is -1.45. The van der Waals surface area contributed by atoms with E-state index in [9.17, 15) is 14.4 Å². The van der Waals surface area contributed by atoms with Crippen LogP contribution in [0, 0.1) is 5.92 Å². The van der Waals surface area contributed by atoms with Gasteiger partial charge in [0.2, 0.25) is 11.8 Å². The third kappa shape index (κ3) is 4.20. The molecule has 4 N–H and O–H groups in total. The lowest BCUT2D eigenvalue weighted by Crippen LogP contribution is -2.45. The van der Waals surface area contributed by atoms with E-state index in [1.807, 2.05) is 13.8 Å². The van der Waals surface area contributed by atoms with Crippen LogP contribution < -0.4 is 16.4 Å². The van der Waals surface area contributed by atoms with Gasteiger partial charge in [0, 0.05) is 11.5 Å². The van der Waals surface area contributed by atoms with Crippen LogP contribution in [0.15, 0.2) is 0 Å². The molecular weight excluding hydrogens is 250 g/mol. The molecule has 19 heavy (non-hydrogen) atoms. The van der Waals surface area contributed by atoms with E-state index in [-0.39, 0.29) is 30.3 Å². The van der Waals surface area contributed by atoms with Crippen molar-refractivity contribution < 1.29 is 19.1 Å². The lowest BCUT2D eigenvalue weighted by molar-refractivity contribution is -0.145. The van der Waals surface area contributed by atoms with Crippen LogP contribution in [0.2, 0.25) is 0 Å². The Morgan fingerprint density at radius 2 is 2.21 bits per heavy atom. The van der Waals surface area contributed by atoms with Gasteiger partial charge < -0.3 is 21.1 Å². The van der Waals surface area contributed by atoms with E-state index >= 15 is 0 Å². The summed E-state index contributed by atoms with van der Waals surface area (Å²) in [5, 5.41) is 5.32. The molecule has 2 amide bonds. The van der Waals surface area contributed by atoms with E-state index in [1.54, 1.807) is 0 Å². The monoisotopic (exact) mass is 271 g/mol. The summed E-state index contributed by atoms with van der Waals surface area (Å²) in [6, 6.07) is -0.842. The van der Waals surface area contributed by atoms with Crippen LogP contribution in [0.25, 0.3) is 0 Å². The highest BCUT2D eigenvalue weighted by molar-refractivity contribution is 5.87. The minimum atomic E-state index is -0.842. The van der Waals surface area contributed by atoms with E-state index < -0.39 is 17.9 Å². The van der Waals surface area contributed by atoms with E-state index in [0.29, 0.717) is 6.42 Å². The highest BCUT2D eigenvalue weighted by Gasteiger charge is 2.39. The summed E-state index contributed by atoms with van der Waals surface area (Å²) in [7, 11) is 1.24. The van der Waals surface area contributed by atoms with Crippen LogP contribution in [0.4, 0.5) is 0 Å². The molecule has 1 fully saturated rings. The maximum Gasteiger partial charge on any atom is 0.328 e. The second kappa shape index (κ2) is 6.01. The van der Waals surface area contributed by atoms with Gasteiger partial charge in [-0.25, -0.2) is 4.79 Å². The molecule has 1 heterocycles. The zero-order chi connectivity index (χ0) is 14.6. The molecule has 2 atom stereocenters. The van der Waals surface area contributed by atoms with E-state index in [2.05, 4.69) is 15.4 Å². The molecule has 0 aromatic rings. The Kier molecular flexibility index (Phi) is 4.88. The zero-order valence-electron chi connectivity index (χ0n) is 11.5. The summed E-state index contributed by atoms with van der Waals surface area (Å²) >= 11 is 0. The number of carbonyl (C=O) groups excluding carboxylic acids is 3. The topological polar surface area (TPSA) is 111 Å². The number of ether oxygens (including phenoxy) is 1. The number of methoxy groups -OCH3 is 1. The number of hydrogen-bond acceptors (Lipinski definition) is 5. The van der Waals surface area contributed by atoms with E-state index in [1.165, 1.54) is 7.11 Å². The second-order valence-electron chi connectivity index (χ2n) is 5.36. The van der Waals surface area contributed by atoms with Gasteiger partial charge in [-0.15, -0.1) is 0 Å². The second-order valence-corrected chi connectivity index (χ2v) is 5.36. The summed E-state index contributed by atoms with van der Waals surface area (Å²) in [5.41, 5.74) is 4.91. The summed E-state index contributed by atoms with van der Waals surface area (Å²) in [6.07, 6.45) is 0.825. The van der Waals surface area contributed by atoms with Gasteiger partial charge in [-0.2, -0.15) is 0 Å². The van der Waals surface area contributed by atoms with Crippen LogP contribution in [-0.2, 0) is 19.1 Å². The molecule has 1 rings (SSSR count). The fourth-order valence-electron chi connectivity index (χ4n) is 2.28. The Bertz CT molecular complexity index is 381. The van der Waals surface area contributed by atoms with E-state index in [0.717, 1.165) is 0 Å². The first kappa shape index (κ1) is 15.4. The highest BCUT2D eigenvalue weighted by atomic mass is 16.5. The number of rotatable bonds is 5. The first-order chi connectivity index (χ1) is 8.79. The van der Waals surface area contributed by atoms with Crippen LogP contribution >= 0.6 is 0 Å². The van der Waals surface area contributed by atoms with Crippen molar-refractivity contribution in [2.45, 2.75) is 38.3 Å². The molecule has 1 aliphatic heterocycles. The Labute approximate surface area is 112 Å². The van der Waals surface area contributed by atoms with Crippen molar-refractivity contribution in [1.29, 1.82) is 0 Å². The van der Waals surface area contributed by atoms with Crippen LogP contribution in [-0.4, -0.2) is 43.0 Å². The van der Waals surface area contributed by atoms with Gasteiger partial charge in [0.1, 0.15) is 6.04 Å². The molecule has 7 nitrogen and oxygen atoms in total. The normalized spacial score (nSPS) is 22.5. The van der Waals surface area contributed by atoms with Crippen molar-refractivity contribution in [3.05, 3.63) is 0 Å². The molecule has 0 saturated carbocycles. The molecule has 0 aromatic carbocycles. The molecule has 0 spiro atoms. The summed E-state index contributed by atoms with van der Waals surface area (Å²) in [6.45, 7) is 3.61. The fraction of sp³-hybridized carbons (Fsp3) is 0.750. The first-order valence-corrected chi connectivity index (χ1v) is 6.18. The number of carbonyl (C=O) groups is 3. The maximum absolute atomic E-state index is 11.8. The van der Waals surface area contributed by atoms with E-state index in [4.69, 9.17) is 5.73 Å². The van der Waals surface area contributed by atoms with Crippen molar-refractivity contribution in [1.82, 2.24) is 10.6 Å². The van der Waals surface area contributed by atoms with Crippen LogP contribution in [0.1, 0.15) is 26.7 Å². The molecule has 0 aromatic heterocycles. The fourth-order valence-corrected chi connectivity index (χ4v) is 2.28. The zero-order valence-corrected chi connectivity index (χ0v) is 11.5. The largest absolute Gasteiger partial charge is 0.467 e. The van der Waals surface area contributed by atoms with Gasteiger partial charge in [-0.1, -0.05) is 0 Å². The number of esters is 1. The smallest absolute Gasteiger partial charge is 0.328 e. The highest BCUT2D eigenvalue weighted by Crippen LogP contribution is 2.27. The molecular formula is C12H21N3O4. The Morgan fingerprint density at radius 1 is 1.58 bits per heavy atom. The van der Waals surface area contributed by atoms with Gasteiger partial charge in [-0.05, 0) is 26.7 Å². The average molecular weight is 271 g/mol. The Hall–Kier alpha value is -1.63. The predicted octanol–water partition coefficient (Wildman–Crippen LogP) is -1.09. The number of nitrogens with two attached hydrogens (primary N) is 1. The molecule has 1 aliphatic rings. The third-order valence-electron chi connectivity index (χ3n) is 3.12. The number of nitrogens with one attached hydrogen (secondary N) is 2. The van der Waals surface area contributed by atoms with Crippen molar-refractivity contribution >= 4 is 17.8 Å². The predicted molar refractivity (Wildman–Crippen MR) is 67.9 cm³/mol. The maximum atomic E-state index is 11.8. The SMILES string of the molecule is COC(=O)C(CC1CC(C)(C)NC1=O)NC(=O)CN. The lowest BCUT2D eigenvalue weighted by Gasteiger charge is -2.19. The molecule has 0 radical (unpaired) electrons. The molecule has 0 aliphatic carbocycles. The van der Waals surface area contributed by atoms with Gasteiger partial charge >= 0.3 is 5.97 Å². The molecule has 2 unspecified atom stereocenters. The minimum Gasteiger partial charge on any atom is -0.467 e. The van der Waals surface area contributed by atoms with Gasteiger partial charge in [0.05, 0.1) is 13.7 Å². The van der Waals surface area contributed by atoms with Crippen molar-refractivity contribution in [3.8, 4) is 0 Å². The summed E-state index contributed by atoms with van der Waals surface area (Å²) in [4.78, 5) is 34.7. The van der Waals surface area contributed by atoms with Gasteiger partial charge in [0.25, 0.3) is 0 Å². The molecule has 1 saturated heterocycles. The molecule has 7 heteroatoms. The minimum absolute atomic E-state index is 0.110. The third-order valence-corrected chi connectivity index (χ3v) is 3.12. The van der Waals surface area contributed by atoms with Gasteiger partial charge in [-0.3, -0.25) is 9.59 Å². The summed E-state index contributed by atoms with van der Waals surface area (Å²) < 4.78 is 4.63. The standard InChI is InChI=1S/C12H21N3O4/c1-12(2)5-7(10(17)15-12)4-8(11(18)19-3)14-9(16)6-13/h7-8H,4-6,13H2,1-3H3,(H,14,16)(H,15,17). The van der Waals surface area contributed by atoms with Gasteiger partial charge in [0.15, 0.2) is 0 Å². The van der Waals surface area contributed by atoms with Crippen molar-refractivity contribution in [3.63, 3.8) is 0 Å². The quantitative estimate of drug-likeness (QED) is 0.550. The Balaban J connectivity index is 2.70.